The molecule has 1 atom stereocenters. The molecule has 0 aliphatic carbocycles. The zero-order chi connectivity index (χ0) is 23.7. The first kappa shape index (κ1) is 25.3. The highest BCUT2D eigenvalue weighted by molar-refractivity contribution is 7.93. The molecular weight excluding hydrogens is 432 g/mol. The second-order valence-electron chi connectivity index (χ2n) is 7.41. The van der Waals surface area contributed by atoms with Gasteiger partial charge in [-0.25, -0.2) is 8.42 Å². The van der Waals surface area contributed by atoms with Crippen LogP contribution in [0.25, 0.3) is 0 Å². The Labute approximate surface area is 190 Å². The molecule has 0 fully saturated rings. The molecule has 0 spiro atoms. The summed E-state index contributed by atoms with van der Waals surface area (Å²) in [4.78, 5) is 12.4. The van der Waals surface area contributed by atoms with E-state index >= 15 is 0 Å². The second kappa shape index (κ2) is 11.6. The molecule has 0 saturated heterocycles. The van der Waals surface area contributed by atoms with Gasteiger partial charge in [0.25, 0.3) is 0 Å². The minimum absolute atomic E-state index is 0.0169. The van der Waals surface area contributed by atoms with Crippen LogP contribution in [0.3, 0.4) is 0 Å². The van der Waals surface area contributed by atoms with Gasteiger partial charge < -0.3 is 19.5 Å². The number of anilines is 1. The van der Waals surface area contributed by atoms with E-state index in [1.54, 1.807) is 43.3 Å². The average Bonchev–Trinajstić information content (AvgIpc) is 2.70. The van der Waals surface area contributed by atoms with E-state index in [0.29, 0.717) is 36.1 Å². The van der Waals surface area contributed by atoms with Crippen molar-refractivity contribution < 1.29 is 27.4 Å². The van der Waals surface area contributed by atoms with E-state index in [-0.39, 0.29) is 6.10 Å². The van der Waals surface area contributed by atoms with Crippen molar-refractivity contribution in [2.75, 3.05) is 23.7 Å². The lowest BCUT2D eigenvalue weighted by atomic mass is 10.1. The maximum absolute atomic E-state index is 12.4. The maximum Gasteiger partial charge on any atom is 0.241 e. The summed E-state index contributed by atoms with van der Waals surface area (Å²) < 4.78 is 43.9. The average molecular weight is 465 g/mol. The third kappa shape index (κ3) is 7.96. The summed E-state index contributed by atoms with van der Waals surface area (Å²) in [7, 11) is -3.88. The number of sulfonamides is 1. The minimum atomic E-state index is -3.88. The van der Waals surface area contributed by atoms with Gasteiger partial charge in [0.05, 0.1) is 25.4 Å². The standard InChI is InChI=1S/C23H32N2O6S/c1-6-29-21-13-8-18(14-22(21)30-7-2)17(5)24-23(26)15-32(27,28)25-19-9-11-20(12-10-19)31-16(3)4/h8-14,16-17,25H,6-7,15H2,1-5H3,(H,24,26). The molecule has 2 N–H and O–H groups in total. The van der Waals surface area contributed by atoms with Crippen LogP contribution in [-0.4, -0.2) is 39.4 Å². The zero-order valence-corrected chi connectivity index (χ0v) is 20.0. The Balaban J connectivity index is 1.99. The summed E-state index contributed by atoms with van der Waals surface area (Å²) in [6, 6.07) is 11.5. The smallest absolute Gasteiger partial charge is 0.241 e. The quantitative estimate of drug-likeness (QED) is 0.494. The Hall–Kier alpha value is -2.94. The van der Waals surface area contributed by atoms with E-state index in [0.717, 1.165) is 5.56 Å². The fourth-order valence-electron chi connectivity index (χ4n) is 2.97. The van der Waals surface area contributed by atoms with Crippen LogP contribution < -0.4 is 24.2 Å². The lowest BCUT2D eigenvalue weighted by Gasteiger charge is -2.18. The first-order chi connectivity index (χ1) is 15.1. The molecule has 0 aliphatic rings. The Morgan fingerprint density at radius 1 is 0.938 bits per heavy atom. The molecule has 0 saturated carbocycles. The molecule has 0 heterocycles. The molecule has 0 radical (unpaired) electrons. The third-order valence-corrected chi connectivity index (χ3v) is 5.45. The number of benzene rings is 2. The number of amides is 1. The summed E-state index contributed by atoms with van der Waals surface area (Å²) >= 11 is 0. The highest BCUT2D eigenvalue weighted by Gasteiger charge is 2.19. The van der Waals surface area contributed by atoms with Crippen LogP contribution in [0.1, 0.15) is 46.2 Å². The number of hydrogen-bond donors (Lipinski definition) is 2. The molecule has 32 heavy (non-hydrogen) atoms. The Morgan fingerprint density at radius 2 is 1.56 bits per heavy atom. The first-order valence-corrected chi connectivity index (χ1v) is 12.2. The van der Waals surface area contributed by atoms with E-state index in [1.807, 2.05) is 33.8 Å². The van der Waals surface area contributed by atoms with Gasteiger partial charge in [-0.1, -0.05) is 6.07 Å². The van der Waals surface area contributed by atoms with Crippen LogP contribution in [-0.2, 0) is 14.8 Å². The van der Waals surface area contributed by atoms with Crippen molar-refractivity contribution in [3.8, 4) is 17.2 Å². The van der Waals surface area contributed by atoms with Crippen LogP contribution in [0, 0.1) is 0 Å². The summed E-state index contributed by atoms with van der Waals surface area (Å²) in [5.74, 6) is 0.518. The summed E-state index contributed by atoms with van der Waals surface area (Å²) in [5.41, 5.74) is 1.13. The topological polar surface area (TPSA) is 103 Å². The lowest BCUT2D eigenvalue weighted by molar-refractivity contribution is -0.119. The van der Waals surface area contributed by atoms with Crippen molar-refractivity contribution in [3.63, 3.8) is 0 Å². The Kier molecular flexibility index (Phi) is 9.19. The SMILES string of the molecule is CCOc1ccc(C(C)NC(=O)CS(=O)(=O)Nc2ccc(OC(C)C)cc2)cc1OCC. The maximum atomic E-state index is 12.4. The molecule has 176 valence electrons. The van der Waals surface area contributed by atoms with E-state index < -0.39 is 27.7 Å². The molecule has 0 aliphatic heterocycles. The number of ether oxygens (including phenoxy) is 3. The zero-order valence-electron chi connectivity index (χ0n) is 19.2. The third-order valence-electron chi connectivity index (χ3n) is 4.27. The molecule has 1 unspecified atom stereocenters. The van der Waals surface area contributed by atoms with Gasteiger partial charge in [-0.05, 0) is 76.6 Å². The normalized spacial score (nSPS) is 12.2. The van der Waals surface area contributed by atoms with Gasteiger partial charge in [0, 0.05) is 5.69 Å². The van der Waals surface area contributed by atoms with E-state index in [4.69, 9.17) is 14.2 Å². The van der Waals surface area contributed by atoms with E-state index in [2.05, 4.69) is 10.0 Å². The molecule has 8 nitrogen and oxygen atoms in total. The number of nitrogens with one attached hydrogen (secondary N) is 2. The van der Waals surface area contributed by atoms with Crippen molar-refractivity contribution in [1.29, 1.82) is 0 Å². The molecule has 2 aromatic carbocycles. The fourth-order valence-corrected chi connectivity index (χ4v) is 3.96. The van der Waals surface area contributed by atoms with Gasteiger partial charge in [-0.15, -0.1) is 0 Å². The number of carbonyl (C=O) groups excluding carboxylic acids is 1. The van der Waals surface area contributed by atoms with Crippen molar-refractivity contribution >= 4 is 21.6 Å². The monoisotopic (exact) mass is 464 g/mol. The van der Waals surface area contributed by atoms with Crippen LogP contribution in [0.5, 0.6) is 17.2 Å². The number of carbonyl (C=O) groups is 1. The molecule has 1 amide bonds. The predicted molar refractivity (Wildman–Crippen MR) is 125 cm³/mol. The van der Waals surface area contributed by atoms with Crippen LogP contribution in [0.2, 0.25) is 0 Å². The van der Waals surface area contributed by atoms with Gasteiger partial charge in [-0.2, -0.15) is 0 Å². The van der Waals surface area contributed by atoms with Crippen molar-refractivity contribution in [3.05, 3.63) is 48.0 Å². The van der Waals surface area contributed by atoms with Gasteiger partial charge in [0.1, 0.15) is 11.5 Å². The van der Waals surface area contributed by atoms with E-state index in [9.17, 15) is 13.2 Å². The number of rotatable bonds is 12. The van der Waals surface area contributed by atoms with E-state index in [1.165, 1.54) is 0 Å². The van der Waals surface area contributed by atoms with Gasteiger partial charge in [0.15, 0.2) is 11.5 Å². The first-order valence-electron chi connectivity index (χ1n) is 10.6. The predicted octanol–water partition coefficient (Wildman–Crippen LogP) is 3.89. The summed E-state index contributed by atoms with van der Waals surface area (Å²) in [6.45, 7) is 10.3. The van der Waals surface area contributed by atoms with Crippen LogP contribution in [0.4, 0.5) is 5.69 Å². The van der Waals surface area contributed by atoms with Crippen molar-refractivity contribution in [2.45, 2.75) is 46.8 Å². The van der Waals surface area contributed by atoms with Crippen molar-refractivity contribution in [1.82, 2.24) is 5.32 Å². The second-order valence-corrected chi connectivity index (χ2v) is 9.14. The molecule has 0 bridgehead atoms. The Morgan fingerprint density at radius 3 is 2.16 bits per heavy atom. The van der Waals surface area contributed by atoms with Crippen molar-refractivity contribution in [2.24, 2.45) is 0 Å². The van der Waals surface area contributed by atoms with Gasteiger partial charge in [0.2, 0.25) is 15.9 Å². The summed E-state index contributed by atoms with van der Waals surface area (Å²) in [6.07, 6.45) is 0.0169. The highest BCUT2D eigenvalue weighted by Crippen LogP contribution is 2.30. The molecule has 2 rings (SSSR count). The largest absolute Gasteiger partial charge is 0.491 e. The number of hydrogen-bond acceptors (Lipinski definition) is 6. The minimum Gasteiger partial charge on any atom is -0.491 e. The summed E-state index contributed by atoms with van der Waals surface area (Å²) in [5, 5.41) is 2.72. The van der Waals surface area contributed by atoms with Crippen LogP contribution >= 0.6 is 0 Å². The van der Waals surface area contributed by atoms with Gasteiger partial charge >= 0.3 is 0 Å². The fraction of sp³-hybridized carbons (Fsp3) is 0.435. The van der Waals surface area contributed by atoms with Crippen LogP contribution in [0.15, 0.2) is 42.5 Å². The lowest BCUT2D eigenvalue weighted by Crippen LogP contribution is -2.34. The molecule has 9 heteroatoms. The van der Waals surface area contributed by atoms with Gasteiger partial charge in [-0.3, -0.25) is 9.52 Å². The molecule has 0 aromatic heterocycles. The highest BCUT2D eigenvalue weighted by atomic mass is 32.2. The Bertz CT molecular complexity index is 990. The molecular formula is C23H32N2O6S. The molecule has 2 aromatic rings.